The Morgan fingerprint density at radius 3 is 2.78 bits per heavy atom. The highest BCUT2D eigenvalue weighted by Crippen LogP contribution is 2.30. The summed E-state index contributed by atoms with van der Waals surface area (Å²) in [4.78, 5) is 1.06. The van der Waals surface area contributed by atoms with Crippen molar-refractivity contribution in [3.05, 3.63) is 49.6 Å². The van der Waals surface area contributed by atoms with Crippen molar-refractivity contribution >= 4 is 38.9 Å². The fourth-order valence-electron chi connectivity index (χ4n) is 1.56. The molecule has 0 amide bonds. The van der Waals surface area contributed by atoms with E-state index < -0.39 is 6.10 Å². The fraction of sp³-hybridized carbons (Fsp3) is 0.231. The van der Waals surface area contributed by atoms with Gasteiger partial charge in [-0.1, -0.05) is 27.5 Å². The van der Waals surface area contributed by atoms with Gasteiger partial charge >= 0.3 is 0 Å². The van der Waals surface area contributed by atoms with E-state index in [0.29, 0.717) is 12.4 Å². The Morgan fingerprint density at radius 2 is 2.17 bits per heavy atom. The normalized spacial score (nSPS) is 12.4. The van der Waals surface area contributed by atoms with E-state index in [1.807, 2.05) is 30.3 Å². The van der Waals surface area contributed by atoms with E-state index in [2.05, 4.69) is 15.9 Å². The lowest BCUT2D eigenvalue weighted by molar-refractivity contribution is 0.190. The summed E-state index contributed by atoms with van der Waals surface area (Å²) in [7, 11) is 0. The third kappa shape index (κ3) is 3.48. The largest absolute Gasteiger partial charge is 0.488 e. The lowest BCUT2D eigenvalue weighted by atomic mass is 10.1. The van der Waals surface area contributed by atoms with Crippen LogP contribution in [0.1, 0.15) is 23.5 Å². The van der Waals surface area contributed by atoms with Crippen LogP contribution in [0.3, 0.4) is 0 Å². The molecule has 0 fully saturated rings. The minimum absolute atomic E-state index is 0.457. The number of aliphatic hydroxyl groups is 1. The second-order valence-corrected chi connectivity index (χ2v) is 6.57. The Balaban J connectivity index is 2.13. The number of rotatable bonds is 4. The van der Waals surface area contributed by atoms with Crippen molar-refractivity contribution in [2.45, 2.75) is 19.6 Å². The molecule has 0 aliphatic rings. The molecule has 0 saturated carbocycles. The molecule has 1 aromatic carbocycles. The van der Waals surface area contributed by atoms with Crippen LogP contribution in [0.2, 0.25) is 4.34 Å². The molecule has 0 spiro atoms. The summed E-state index contributed by atoms with van der Waals surface area (Å²) in [6.07, 6.45) is -0.565. The van der Waals surface area contributed by atoms with Gasteiger partial charge in [0.15, 0.2) is 0 Å². The SMILES string of the molecule is C[C@@H](O)c1cc(Br)ccc1OCc1ccc(Cl)s1. The molecule has 0 saturated heterocycles. The number of thiophene rings is 1. The maximum atomic E-state index is 9.71. The van der Waals surface area contributed by atoms with E-state index >= 15 is 0 Å². The first-order valence-electron chi connectivity index (χ1n) is 5.41. The number of hydrogen-bond acceptors (Lipinski definition) is 3. The molecule has 1 N–H and O–H groups in total. The first kappa shape index (κ1) is 13.9. The van der Waals surface area contributed by atoms with Gasteiger partial charge in [0, 0.05) is 14.9 Å². The van der Waals surface area contributed by atoms with Gasteiger partial charge in [0.2, 0.25) is 0 Å². The Hall–Kier alpha value is -0.550. The van der Waals surface area contributed by atoms with E-state index in [4.69, 9.17) is 16.3 Å². The van der Waals surface area contributed by atoms with Gasteiger partial charge in [-0.05, 0) is 37.3 Å². The van der Waals surface area contributed by atoms with Gasteiger partial charge in [-0.25, -0.2) is 0 Å². The molecule has 0 aliphatic carbocycles. The Bertz CT molecular complexity index is 540. The van der Waals surface area contributed by atoms with Crippen LogP contribution in [-0.2, 0) is 6.61 Å². The number of halogens is 2. The van der Waals surface area contributed by atoms with Crippen molar-refractivity contribution in [2.24, 2.45) is 0 Å². The number of benzene rings is 1. The molecule has 0 aliphatic heterocycles. The van der Waals surface area contributed by atoms with Crippen LogP contribution in [0.5, 0.6) is 5.75 Å². The van der Waals surface area contributed by atoms with Gasteiger partial charge < -0.3 is 9.84 Å². The number of hydrogen-bond donors (Lipinski definition) is 1. The summed E-state index contributed by atoms with van der Waals surface area (Å²) in [5.74, 6) is 0.692. The van der Waals surface area contributed by atoms with Gasteiger partial charge in [0.1, 0.15) is 12.4 Å². The Kier molecular flexibility index (Phi) is 4.67. The second kappa shape index (κ2) is 6.06. The maximum absolute atomic E-state index is 9.71. The van der Waals surface area contributed by atoms with Crippen LogP contribution in [-0.4, -0.2) is 5.11 Å². The van der Waals surface area contributed by atoms with E-state index in [0.717, 1.165) is 19.2 Å². The minimum Gasteiger partial charge on any atom is -0.488 e. The van der Waals surface area contributed by atoms with Gasteiger partial charge in [-0.2, -0.15) is 0 Å². The van der Waals surface area contributed by atoms with Crippen LogP contribution in [0.4, 0.5) is 0 Å². The Labute approximate surface area is 123 Å². The molecule has 0 radical (unpaired) electrons. The van der Waals surface area contributed by atoms with Crippen molar-refractivity contribution < 1.29 is 9.84 Å². The first-order chi connectivity index (χ1) is 8.56. The Morgan fingerprint density at radius 1 is 1.39 bits per heavy atom. The molecule has 18 heavy (non-hydrogen) atoms. The quantitative estimate of drug-likeness (QED) is 0.861. The second-order valence-electron chi connectivity index (χ2n) is 3.85. The third-order valence-corrected chi connectivity index (χ3v) is 4.12. The molecule has 1 aromatic heterocycles. The van der Waals surface area contributed by atoms with Crippen LogP contribution in [0.25, 0.3) is 0 Å². The molecule has 2 aromatic rings. The van der Waals surface area contributed by atoms with E-state index in [-0.39, 0.29) is 0 Å². The lowest BCUT2D eigenvalue weighted by Crippen LogP contribution is -2.00. The van der Waals surface area contributed by atoms with Crippen LogP contribution < -0.4 is 4.74 Å². The molecule has 0 unspecified atom stereocenters. The molecule has 2 rings (SSSR count). The minimum atomic E-state index is -0.565. The number of ether oxygens (including phenoxy) is 1. The molecule has 5 heteroatoms. The lowest BCUT2D eigenvalue weighted by Gasteiger charge is -2.13. The molecule has 96 valence electrons. The highest BCUT2D eigenvalue weighted by atomic mass is 79.9. The van der Waals surface area contributed by atoms with Crippen LogP contribution in [0.15, 0.2) is 34.8 Å². The van der Waals surface area contributed by atoms with Gasteiger partial charge in [-0.15, -0.1) is 11.3 Å². The van der Waals surface area contributed by atoms with E-state index in [9.17, 15) is 5.11 Å². The standard InChI is InChI=1S/C13H12BrClO2S/c1-8(16)11-6-9(14)2-4-12(11)17-7-10-3-5-13(15)18-10/h2-6,8,16H,7H2,1H3/t8-/m1/s1. The van der Waals surface area contributed by atoms with Crippen molar-refractivity contribution in [3.63, 3.8) is 0 Å². The van der Waals surface area contributed by atoms with Crippen molar-refractivity contribution in [1.82, 2.24) is 0 Å². The number of aliphatic hydroxyl groups excluding tert-OH is 1. The summed E-state index contributed by atoms with van der Waals surface area (Å²) in [6, 6.07) is 9.39. The van der Waals surface area contributed by atoms with Crippen molar-refractivity contribution in [2.75, 3.05) is 0 Å². The topological polar surface area (TPSA) is 29.5 Å². The molecular weight excluding hydrogens is 336 g/mol. The maximum Gasteiger partial charge on any atom is 0.125 e. The summed E-state index contributed by atoms with van der Waals surface area (Å²) < 4.78 is 7.40. The van der Waals surface area contributed by atoms with Crippen LogP contribution >= 0.6 is 38.9 Å². The first-order valence-corrected chi connectivity index (χ1v) is 7.39. The zero-order valence-electron chi connectivity index (χ0n) is 9.69. The van der Waals surface area contributed by atoms with Gasteiger partial charge in [0.25, 0.3) is 0 Å². The third-order valence-electron chi connectivity index (χ3n) is 2.42. The average Bonchev–Trinajstić information content (AvgIpc) is 2.73. The highest BCUT2D eigenvalue weighted by Gasteiger charge is 2.10. The van der Waals surface area contributed by atoms with E-state index in [1.165, 1.54) is 11.3 Å². The predicted octanol–water partition coefficient (Wildman–Crippen LogP) is 4.80. The summed E-state index contributed by atoms with van der Waals surface area (Å²) in [5, 5.41) is 9.71. The molecule has 1 heterocycles. The highest BCUT2D eigenvalue weighted by molar-refractivity contribution is 9.10. The van der Waals surface area contributed by atoms with Crippen molar-refractivity contribution in [3.8, 4) is 5.75 Å². The summed E-state index contributed by atoms with van der Waals surface area (Å²) in [5.41, 5.74) is 0.770. The van der Waals surface area contributed by atoms with E-state index in [1.54, 1.807) is 6.92 Å². The zero-order chi connectivity index (χ0) is 13.1. The smallest absolute Gasteiger partial charge is 0.125 e. The van der Waals surface area contributed by atoms with Crippen molar-refractivity contribution in [1.29, 1.82) is 0 Å². The zero-order valence-corrected chi connectivity index (χ0v) is 12.8. The molecular formula is C13H12BrClO2S. The van der Waals surface area contributed by atoms with Gasteiger partial charge in [-0.3, -0.25) is 0 Å². The molecule has 2 nitrogen and oxygen atoms in total. The fourth-order valence-corrected chi connectivity index (χ4v) is 2.94. The molecule has 1 atom stereocenters. The summed E-state index contributed by atoms with van der Waals surface area (Å²) >= 11 is 10.7. The average molecular weight is 348 g/mol. The van der Waals surface area contributed by atoms with Gasteiger partial charge in [0.05, 0.1) is 10.4 Å². The van der Waals surface area contributed by atoms with Crippen LogP contribution in [0, 0.1) is 0 Å². The monoisotopic (exact) mass is 346 g/mol. The predicted molar refractivity (Wildman–Crippen MR) is 78.4 cm³/mol. The molecule has 0 bridgehead atoms. The summed E-state index contributed by atoms with van der Waals surface area (Å²) in [6.45, 7) is 2.18.